The van der Waals surface area contributed by atoms with Crippen molar-refractivity contribution in [3.05, 3.63) is 24.3 Å². The molecule has 0 spiro atoms. The zero-order valence-electron chi connectivity index (χ0n) is 10.4. The summed E-state index contributed by atoms with van der Waals surface area (Å²) in [4.78, 5) is 21.9. The van der Waals surface area contributed by atoms with Crippen molar-refractivity contribution in [2.75, 3.05) is 18.5 Å². The number of benzene rings is 1. The van der Waals surface area contributed by atoms with Crippen LogP contribution in [0, 0.1) is 0 Å². The molecule has 0 fully saturated rings. The molecule has 0 aliphatic carbocycles. The summed E-state index contributed by atoms with van der Waals surface area (Å²) >= 11 is 0. The van der Waals surface area contributed by atoms with E-state index >= 15 is 0 Å². The molecule has 0 aliphatic heterocycles. The molecular weight excluding hydrogens is 252 g/mol. The molecule has 0 radical (unpaired) electrons. The van der Waals surface area contributed by atoms with Crippen LogP contribution in [0.1, 0.15) is 6.92 Å². The Morgan fingerprint density at radius 2 is 2.05 bits per heavy atom. The fourth-order valence-corrected chi connectivity index (χ4v) is 1.29. The number of amides is 2. The standard InChI is InChI=1S/C12H16N2O5/c1-2-19-10-6-4-3-5-8(10)14-12(18)13-7-9(15)11(16)17/h3-6,9,15H,2,7H2,1H3,(H,16,17)(H2,13,14,18). The van der Waals surface area contributed by atoms with E-state index in [0.29, 0.717) is 18.0 Å². The minimum absolute atomic E-state index is 0.377. The molecule has 1 aromatic carbocycles. The summed E-state index contributed by atoms with van der Waals surface area (Å²) in [5.74, 6) is -0.881. The van der Waals surface area contributed by atoms with Gasteiger partial charge >= 0.3 is 12.0 Å². The number of anilines is 1. The summed E-state index contributed by atoms with van der Waals surface area (Å²) in [7, 11) is 0. The number of carbonyl (C=O) groups excluding carboxylic acids is 1. The fourth-order valence-electron chi connectivity index (χ4n) is 1.29. The van der Waals surface area contributed by atoms with Gasteiger partial charge in [-0.05, 0) is 19.1 Å². The number of para-hydroxylation sites is 2. The van der Waals surface area contributed by atoms with Crippen molar-refractivity contribution < 1.29 is 24.5 Å². The third kappa shape index (κ3) is 4.84. The number of hydrogen-bond donors (Lipinski definition) is 4. The number of hydrogen-bond acceptors (Lipinski definition) is 4. The van der Waals surface area contributed by atoms with Gasteiger partial charge in [0.2, 0.25) is 0 Å². The first-order valence-corrected chi connectivity index (χ1v) is 5.72. The zero-order valence-corrected chi connectivity index (χ0v) is 10.4. The molecule has 1 aromatic rings. The number of carboxylic acid groups (broad SMARTS) is 1. The van der Waals surface area contributed by atoms with Gasteiger partial charge in [0.1, 0.15) is 5.75 Å². The van der Waals surface area contributed by atoms with Gasteiger partial charge in [0, 0.05) is 0 Å². The summed E-state index contributed by atoms with van der Waals surface area (Å²) in [6.07, 6.45) is -1.63. The van der Waals surface area contributed by atoms with Crippen LogP contribution in [-0.4, -0.2) is 41.5 Å². The molecule has 0 aliphatic rings. The van der Waals surface area contributed by atoms with Crippen molar-refractivity contribution in [1.82, 2.24) is 5.32 Å². The number of aliphatic hydroxyl groups is 1. The average molecular weight is 268 g/mol. The monoisotopic (exact) mass is 268 g/mol. The van der Waals surface area contributed by atoms with Crippen molar-refractivity contribution in [3.8, 4) is 5.75 Å². The Morgan fingerprint density at radius 1 is 1.37 bits per heavy atom. The lowest BCUT2D eigenvalue weighted by Gasteiger charge is -2.12. The third-order valence-electron chi connectivity index (χ3n) is 2.18. The molecule has 2 amide bonds. The van der Waals surface area contributed by atoms with Gasteiger partial charge in [-0.15, -0.1) is 0 Å². The quantitative estimate of drug-likeness (QED) is 0.606. The van der Waals surface area contributed by atoms with Gasteiger partial charge < -0.3 is 25.6 Å². The SMILES string of the molecule is CCOc1ccccc1NC(=O)NCC(O)C(=O)O. The van der Waals surface area contributed by atoms with Gasteiger partial charge in [-0.1, -0.05) is 12.1 Å². The van der Waals surface area contributed by atoms with E-state index in [1.54, 1.807) is 24.3 Å². The highest BCUT2D eigenvalue weighted by molar-refractivity contribution is 5.91. The van der Waals surface area contributed by atoms with Gasteiger partial charge in [0.05, 0.1) is 18.8 Å². The predicted octanol–water partition coefficient (Wildman–Crippen LogP) is 0.652. The molecule has 7 heteroatoms. The second-order valence-corrected chi connectivity index (χ2v) is 3.62. The highest BCUT2D eigenvalue weighted by atomic mass is 16.5. The van der Waals surface area contributed by atoms with E-state index in [4.69, 9.17) is 14.9 Å². The third-order valence-corrected chi connectivity index (χ3v) is 2.18. The van der Waals surface area contributed by atoms with E-state index in [9.17, 15) is 9.59 Å². The number of nitrogens with one attached hydrogen (secondary N) is 2. The normalized spacial score (nSPS) is 11.5. The van der Waals surface area contributed by atoms with E-state index in [0.717, 1.165) is 0 Å². The number of aliphatic hydroxyl groups excluding tert-OH is 1. The smallest absolute Gasteiger partial charge is 0.334 e. The van der Waals surface area contributed by atoms with E-state index in [1.807, 2.05) is 6.92 Å². The minimum Gasteiger partial charge on any atom is -0.492 e. The number of aliphatic carboxylic acids is 1. The molecule has 4 N–H and O–H groups in total. The molecular formula is C12H16N2O5. The molecule has 0 saturated heterocycles. The van der Waals surface area contributed by atoms with E-state index in [1.165, 1.54) is 0 Å². The van der Waals surface area contributed by atoms with E-state index in [-0.39, 0.29) is 6.54 Å². The van der Waals surface area contributed by atoms with Gasteiger partial charge in [0.25, 0.3) is 0 Å². The van der Waals surface area contributed by atoms with Crippen LogP contribution in [0.25, 0.3) is 0 Å². The molecule has 0 aromatic heterocycles. The largest absolute Gasteiger partial charge is 0.492 e. The molecule has 7 nitrogen and oxygen atoms in total. The summed E-state index contributed by atoms with van der Waals surface area (Å²) in [6, 6.07) is 6.23. The van der Waals surface area contributed by atoms with Crippen molar-refractivity contribution in [1.29, 1.82) is 0 Å². The summed E-state index contributed by atoms with van der Waals surface area (Å²) in [6.45, 7) is 1.90. The first kappa shape index (κ1) is 14.8. The van der Waals surface area contributed by atoms with Crippen LogP contribution in [0.2, 0.25) is 0 Å². The predicted molar refractivity (Wildman–Crippen MR) is 68.3 cm³/mol. The van der Waals surface area contributed by atoms with Gasteiger partial charge in [-0.3, -0.25) is 0 Å². The van der Waals surface area contributed by atoms with Gasteiger partial charge in [-0.25, -0.2) is 9.59 Å². The number of rotatable bonds is 6. The summed E-state index contributed by atoms with van der Waals surface area (Å²) in [5.41, 5.74) is 0.465. The van der Waals surface area contributed by atoms with Crippen LogP contribution in [-0.2, 0) is 4.79 Å². The maximum atomic E-state index is 11.5. The molecule has 1 rings (SSSR count). The van der Waals surface area contributed by atoms with Crippen LogP contribution in [0.4, 0.5) is 10.5 Å². The maximum Gasteiger partial charge on any atom is 0.334 e. The molecule has 104 valence electrons. The Kier molecular flexibility index (Phi) is 5.62. The van der Waals surface area contributed by atoms with Gasteiger partial charge in [-0.2, -0.15) is 0 Å². The van der Waals surface area contributed by atoms with Crippen LogP contribution in [0.3, 0.4) is 0 Å². The lowest BCUT2D eigenvalue weighted by molar-refractivity contribution is -0.146. The molecule has 0 saturated carbocycles. The van der Waals surface area contributed by atoms with Crippen molar-refractivity contribution in [3.63, 3.8) is 0 Å². The Labute approximate surface area is 110 Å². The second kappa shape index (κ2) is 7.22. The zero-order chi connectivity index (χ0) is 14.3. The fraction of sp³-hybridized carbons (Fsp3) is 0.333. The topological polar surface area (TPSA) is 108 Å². The van der Waals surface area contributed by atoms with Crippen LogP contribution < -0.4 is 15.4 Å². The lowest BCUT2D eigenvalue weighted by Crippen LogP contribution is -2.38. The molecule has 0 bridgehead atoms. The van der Waals surface area contributed by atoms with E-state index < -0.39 is 18.1 Å². The number of urea groups is 1. The molecule has 19 heavy (non-hydrogen) atoms. The number of carbonyl (C=O) groups is 2. The Bertz CT molecular complexity index is 450. The Hall–Kier alpha value is -2.28. The highest BCUT2D eigenvalue weighted by Gasteiger charge is 2.14. The van der Waals surface area contributed by atoms with Crippen molar-refractivity contribution in [2.45, 2.75) is 13.0 Å². The summed E-state index contributed by atoms with van der Waals surface area (Å²) < 4.78 is 5.32. The van der Waals surface area contributed by atoms with Crippen LogP contribution in [0.15, 0.2) is 24.3 Å². The molecule has 1 unspecified atom stereocenters. The highest BCUT2D eigenvalue weighted by Crippen LogP contribution is 2.23. The van der Waals surface area contributed by atoms with Crippen LogP contribution >= 0.6 is 0 Å². The first-order valence-electron chi connectivity index (χ1n) is 5.72. The second-order valence-electron chi connectivity index (χ2n) is 3.62. The van der Waals surface area contributed by atoms with E-state index in [2.05, 4.69) is 10.6 Å². The van der Waals surface area contributed by atoms with Crippen molar-refractivity contribution in [2.24, 2.45) is 0 Å². The Morgan fingerprint density at radius 3 is 2.68 bits per heavy atom. The average Bonchev–Trinajstić information content (AvgIpc) is 2.38. The Balaban J connectivity index is 2.55. The number of ether oxygens (including phenoxy) is 1. The number of carboxylic acids is 1. The first-order chi connectivity index (χ1) is 9.04. The minimum atomic E-state index is -1.63. The maximum absolute atomic E-state index is 11.5. The molecule has 1 atom stereocenters. The van der Waals surface area contributed by atoms with Gasteiger partial charge in [0.15, 0.2) is 6.10 Å². The lowest BCUT2D eigenvalue weighted by atomic mass is 10.3. The van der Waals surface area contributed by atoms with Crippen molar-refractivity contribution >= 4 is 17.7 Å². The molecule has 0 heterocycles. The summed E-state index contributed by atoms with van der Waals surface area (Å²) in [5, 5.41) is 22.2. The van der Waals surface area contributed by atoms with Crippen LogP contribution in [0.5, 0.6) is 5.75 Å².